The third-order valence-corrected chi connectivity index (χ3v) is 1.40. The van der Waals surface area contributed by atoms with Crippen molar-refractivity contribution in [2.45, 2.75) is 6.18 Å². The highest BCUT2D eigenvalue weighted by atomic mass is 32.1. The minimum absolute atomic E-state index is 0.266. The number of hydrogen-bond donors (Lipinski definition) is 0. The maximum atomic E-state index is 11.8. The zero-order valence-electron chi connectivity index (χ0n) is 4.92. The van der Waals surface area contributed by atoms with Gasteiger partial charge < -0.3 is 0 Å². The van der Waals surface area contributed by atoms with Crippen LogP contribution in [0.1, 0.15) is 0 Å². The van der Waals surface area contributed by atoms with Gasteiger partial charge in [-0.1, -0.05) is 0 Å². The number of alkyl halides is 3. The van der Waals surface area contributed by atoms with Crippen molar-refractivity contribution in [2.75, 3.05) is 0 Å². The third-order valence-electron chi connectivity index (χ3n) is 0.924. The lowest BCUT2D eigenvalue weighted by atomic mass is 10.3. The molecule has 0 aromatic rings. The van der Waals surface area contributed by atoms with E-state index in [4.69, 9.17) is 0 Å². The fourth-order valence-electron chi connectivity index (χ4n) is 0.507. The van der Waals surface area contributed by atoms with Gasteiger partial charge in [-0.15, -0.1) is 5.10 Å². The van der Waals surface area contributed by atoms with E-state index in [-0.39, 0.29) is 11.3 Å². The Kier molecular flexibility index (Phi) is 1.90. The number of nitrogens with zero attached hydrogens (tertiary/aromatic N) is 2. The molecule has 0 radical (unpaired) electrons. The average Bonchev–Trinajstić information content (AvgIpc) is 2.31. The summed E-state index contributed by atoms with van der Waals surface area (Å²) in [6, 6.07) is 0. The molecule has 0 spiro atoms. The second-order valence-electron chi connectivity index (χ2n) is 1.64. The first kappa shape index (κ1) is 8.12. The van der Waals surface area contributed by atoms with Crippen LogP contribution in [0.5, 0.6) is 0 Å². The molecule has 0 aliphatic carbocycles. The van der Waals surface area contributed by atoms with Gasteiger partial charge in [-0.05, 0) is 0 Å². The van der Waals surface area contributed by atoms with Gasteiger partial charge in [-0.3, -0.25) is 0 Å². The predicted octanol–water partition coefficient (Wildman–Crippen LogP) is 0.374. The lowest BCUT2D eigenvalue weighted by molar-refractivity contribution is -0.0565. The molecule has 60 valence electrons. The molecule has 0 aromatic heterocycles. The Bertz CT molecular complexity index is 286. The zero-order valence-corrected chi connectivity index (χ0v) is 5.74. The highest BCUT2D eigenvalue weighted by Crippen LogP contribution is 2.19. The van der Waals surface area contributed by atoms with Gasteiger partial charge in [0.2, 0.25) is 0 Å². The molecule has 0 N–H and O–H groups in total. The molecule has 1 aliphatic heterocycles. The lowest BCUT2D eigenvalue weighted by Gasteiger charge is -2.02. The molecular formula is C4HF3N2OS. The van der Waals surface area contributed by atoms with Crippen LogP contribution >= 0.6 is 0 Å². The molecule has 1 rings (SSSR count). The van der Waals surface area contributed by atoms with Gasteiger partial charge in [0.05, 0.1) is 6.21 Å². The minimum Gasteiger partial charge on any atom is -0.212 e. The van der Waals surface area contributed by atoms with Crippen molar-refractivity contribution in [3.05, 3.63) is 0 Å². The fourth-order valence-corrected chi connectivity index (χ4v) is 0.832. The molecule has 0 aromatic carbocycles. The van der Waals surface area contributed by atoms with Gasteiger partial charge in [0.15, 0.2) is 5.71 Å². The van der Waals surface area contributed by atoms with Crippen LogP contribution < -0.4 is 0 Å². The molecule has 0 unspecified atom stereocenters. The number of hydrogen-bond acceptors (Lipinski definition) is 3. The van der Waals surface area contributed by atoms with E-state index in [1.54, 1.807) is 0 Å². The van der Waals surface area contributed by atoms with Gasteiger partial charge in [0.1, 0.15) is 16.1 Å². The van der Waals surface area contributed by atoms with Crippen molar-refractivity contribution >= 4 is 28.0 Å². The van der Waals surface area contributed by atoms with Crippen molar-refractivity contribution in [2.24, 2.45) is 10.2 Å². The Balaban J connectivity index is 3.03. The first-order chi connectivity index (χ1) is 5.05. The van der Waals surface area contributed by atoms with Crippen molar-refractivity contribution in [1.29, 1.82) is 0 Å². The van der Waals surface area contributed by atoms with Gasteiger partial charge in [0.25, 0.3) is 0 Å². The monoisotopic (exact) mass is 182 g/mol. The molecule has 0 atom stereocenters. The van der Waals surface area contributed by atoms with E-state index in [0.29, 0.717) is 0 Å². The summed E-state index contributed by atoms with van der Waals surface area (Å²) in [7, 11) is 0. The molecule has 0 amide bonds. The first-order valence-electron chi connectivity index (χ1n) is 2.41. The van der Waals surface area contributed by atoms with Crippen molar-refractivity contribution in [3.63, 3.8) is 0 Å². The van der Waals surface area contributed by atoms with E-state index in [1.807, 2.05) is 0 Å². The summed E-state index contributed by atoms with van der Waals surface area (Å²) < 4.78 is 45.4. The van der Waals surface area contributed by atoms with E-state index < -0.39 is 16.8 Å². The number of rotatable bonds is 0. The summed E-state index contributed by atoms with van der Waals surface area (Å²) >= 11 is -0.266. The second kappa shape index (κ2) is 2.57. The molecule has 3 nitrogen and oxygen atoms in total. The van der Waals surface area contributed by atoms with Crippen LogP contribution in [0.3, 0.4) is 0 Å². The molecule has 0 saturated heterocycles. The molecule has 1 heterocycles. The van der Waals surface area contributed by atoms with E-state index >= 15 is 0 Å². The van der Waals surface area contributed by atoms with Gasteiger partial charge in [0, 0.05) is 0 Å². The molecule has 0 saturated carbocycles. The Hall–Kier alpha value is -0.980. The highest BCUT2D eigenvalue weighted by molar-refractivity contribution is 7.70. The Morgan fingerprint density at radius 1 is 1.45 bits per heavy atom. The minimum atomic E-state index is -4.58. The van der Waals surface area contributed by atoms with Crippen LogP contribution in [0, 0.1) is 0 Å². The second-order valence-corrected chi connectivity index (χ2v) is 2.25. The van der Waals surface area contributed by atoms with Crippen LogP contribution in [-0.2, 0) is 11.3 Å². The van der Waals surface area contributed by atoms with Crippen molar-refractivity contribution in [3.8, 4) is 0 Å². The SMILES string of the molecule is O=S=C1C=NN=C1C(F)(F)F. The smallest absolute Gasteiger partial charge is 0.212 e. The summed E-state index contributed by atoms with van der Waals surface area (Å²) in [4.78, 5) is -0.488. The van der Waals surface area contributed by atoms with E-state index in [0.717, 1.165) is 6.21 Å². The summed E-state index contributed by atoms with van der Waals surface area (Å²) in [5.74, 6) is 0. The Morgan fingerprint density at radius 2 is 2.09 bits per heavy atom. The molecule has 1 aliphatic rings. The first-order valence-corrected chi connectivity index (χ1v) is 3.15. The molecule has 0 fully saturated rings. The lowest BCUT2D eigenvalue weighted by Crippen LogP contribution is -2.29. The third kappa shape index (κ3) is 1.53. The average molecular weight is 182 g/mol. The largest absolute Gasteiger partial charge is 0.436 e. The normalized spacial score (nSPS) is 17.0. The molecule has 0 bridgehead atoms. The number of halogens is 3. The molecule has 11 heavy (non-hydrogen) atoms. The maximum absolute atomic E-state index is 11.8. The van der Waals surface area contributed by atoms with Crippen LogP contribution in [0.2, 0.25) is 0 Å². The predicted molar refractivity (Wildman–Crippen MR) is 35.1 cm³/mol. The van der Waals surface area contributed by atoms with Crippen molar-refractivity contribution in [1.82, 2.24) is 0 Å². The van der Waals surface area contributed by atoms with E-state index in [1.165, 1.54) is 0 Å². The highest BCUT2D eigenvalue weighted by Gasteiger charge is 2.40. The van der Waals surface area contributed by atoms with E-state index in [2.05, 4.69) is 10.2 Å². The summed E-state index contributed by atoms with van der Waals surface area (Å²) in [6.45, 7) is 0. The fraction of sp³-hybridized carbons (Fsp3) is 0.250. The van der Waals surface area contributed by atoms with Gasteiger partial charge in [-0.2, -0.15) is 18.3 Å². The van der Waals surface area contributed by atoms with E-state index in [9.17, 15) is 17.4 Å². The quantitative estimate of drug-likeness (QED) is 0.499. The zero-order chi connectivity index (χ0) is 8.48. The summed E-state index contributed by atoms with van der Waals surface area (Å²) in [5, 5.41) is 5.73. The molecular weight excluding hydrogens is 181 g/mol. The van der Waals surface area contributed by atoms with Crippen LogP contribution in [0.25, 0.3) is 0 Å². The van der Waals surface area contributed by atoms with Crippen LogP contribution in [0.15, 0.2) is 10.2 Å². The van der Waals surface area contributed by atoms with Crippen LogP contribution in [0.4, 0.5) is 13.2 Å². The standard InChI is InChI=1S/C4HF3N2OS/c5-4(6,7)3-2(11-10)1-8-9-3/h1H. The Labute approximate surface area is 62.7 Å². The van der Waals surface area contributed by atoms with Gasteiger partial charge >= 0.3 is 6.18 Å². The summed E-state index contributed by atoms with van der Waals surface area (Å²) in [5.41, 5.74) is -1.21. The summed E-state index contributed by atoms with van der Waals surface area (Å²) in [6.07, 6.45) is -3.79. The van der Waals surface area contributed by atoms with Crippen LogP contribution in [-0.4, -0.2) is 27.2 Å². The van der Waals surface area contributed by atoms with Gasteiger partial charge in [-0.25, -0.2) is 4.21 Å². The topological polar surface area (TPSA) is 41.8 Å². The molecule has 7 heteroatoms. The Morgan fingerprint density at radius 3 is 2.45 bits per heavy atom. The van der Waals surface area contributed by atoms with Crippen molar-refractivity contribution < 1.29 is 17.4 Å². The maximum Gasteiger partial charge on any atom is 0.436 e.